The first-order valence-electron chi connectivity index (χ1n) is 7.69. The van der Waals surface area contributed by atoms with Crippen LogP contribution in [0.5, 0.6) is 0 Å². The van der Waals surface area contributed by atoms with E-state index in [0.29, 0.717) is 31.3 Å². The molecule has 6 nitrogen and oxygen atoms in total. The van der Waals surface area contributed by atoms with E-state index in [2.05, 4.69) is 15.6 Å². The Bertz CT molecular complexity index is 656. The maximum Gasteiger partial charge on any atom is 0.223 e. The number of carbonyl (C=O) groups excluding carboxylic acids is 1. The predicted molar refractivity (Wildman–Crippen MR) is 86.0 cm³/mol. The molecular formula is C16H19ClN4O2. The monoisotopic (exact) mass is 334 g/mol. The molecule has 7 heteroatoms. The number of halogens is 1. The largest absolute Gasteiger partial charge is 0.357 e. The number of hydrogen-bond acceptors (Lipinski definition) is 4. The van der Waals surface area contributed by atoms with E-state index in [0.717, 1.165) is 24.1 Å². The highest BCUT2D eigenvalue weighted by Gasteiger charge is 2.20. The van der Waals surface area contributed by atoms with Crippen molar-refractivity contribution >= 4 is 17.5 Å². The van der Waals surface area contributed by atoms with Gasteiger partial charge in [-0.05, 0) is 37.0 Å². The molecule has 0 aliphatic carbocycles. The molecule has 0 bridgehead atoms. The second-order valence-corrected chi connectivity index (χ2v) is 6.06. The van der Waals surface area contributed by atoms with Crippen molar-refractivity contribution in [1.82, 2.24) is 20.3 Å². The van der Waals surface area contributed by atoms with Gasteiger partial charge in [0.1, 0.15) is 6.73 Å². The van der Waals surface area contributed by atoms with E-state index in [9.17, 15) is 4.79 Å². The van der Waals surface area contributed by atoms with Crippen molar-refractivity contribution in [3.05, 3.63) is 46.7 Å². The number of amides is 1. The number of hydrogen-bond donors (Lipinski definition) is 1. The lowest BCUT2D eigenvalue weighted by Gasteiger charge is -2.16. The Kier molecular flexibility index (Phi) is 5.25. The van der Waals surface area contributed by atoms with Gasteiger partial charge in [-0.3, -0.25) is 4.79 Å². The van der Waals surface area contributed by atoms with Gasteiger partial charge in [0.25, 0.3) is 0 Å². The third-order valence-electron chi connectivity index (χ3n) is 3.97. The van der Waals surface area contributed by atoms with E-state index in [4.69, 9.17) is 16.3 Å². The standard InChI is InChI=1S/C16H19ClN4O2/c17-14-4-1-12(2-5-14)9-13-3-6-15-10-19-20-21(15)11-23-8-7-18-16(13)22/h1-2,4-5,10,13H,3,6-9,11H2,(H,18,22)/t13-/m1/s1. The van der Waals surface area contributed by atoms with E-state index >= 15 is 0 Å². The molecular weight excluding hydrogens is 316 g/mol. The highest BCUT2D eigenvalue weighted by atomic mass is 35.5. The first-order chi connectivity index (χ1) is 11.2. The Labute approximate surface area is 139 Å². The summed E-state index contributed by atoms with van der Waals surface area (Å²) >= 11 is 5.92. The van der Waals surface area contributed by atoms with E-state index in [1.807, 2.05) is 24.3 Å². The van der Waals surface area contributed by atoms with Crippen molar-refractivity contribution in [2.45, 2.75) is 26.0 Å². The molecule has 23 heavy (non-hydrogen) atoms. The summed E-state index contributed by atoms with van der Waals surface area (Å²) < 4.78 is 7.24. The number of fused-ring (bicyclic) bond motifs is 1. The number of aryl methyl sites for hydroxylation is 1. The number of ether oxygens (including phenoxy) is 1. The van der Waals surface area contributed by atoms with Crippen molar-refractivity contribution in [3.8, 4) is 0 Å². The number of aromatic nitrogens is 3. The van der Waals surface area contributed by atoms with Crippen LogP contribution in [-0.2, 0) is 29.1 Å². The lowest BCUT2D eigenvalue weighted by Crippen LogP contribution is -2.34. The molecule has 0 fully saturated rings. The van der Waals surface area contributed by atoms with Crippen LogP contribution in [0.1, 0.15) is 17.7 Å². The zero-order valence-corrected chi connectivity index (χ0v) is 13.5. The van der Waals surface area contributed by atoms with Crippen LogP contribution < -0.4 is 5.32 Å². The summed E-state index contributed by atoms with van der Waals surface area (Å²) in [5.74, 6) is -0.0397. The zero-order chi connectivity index (χ0) is 16.1. The molecule has 0 saturated heterocycles. The molecule has 1 amide bonds. The van der Waals surface area contributed by atoms with Crippen LogP contribution in [0.4, 0.5) is 0 Å². The van der Waals surface area contributed by atoms with Crippen LogP contribution >= 0.6 is 11.6 Å². The Balaban J connectivity index is 1.74. The van der Waals surface area contributed by atoms with Crippen molar-refractivity contribution in [3.63, 3.8) is 0 Å². The quantitative estimate of drug-likeness (QED) is 0.909. The fourth-order valence-corrected chi connectivity index (χ4v) is 2.80. The van der Waals surface area contributed by atoms with Crippen LogP contribution in [0.3, 0.4) is 0 Å². The van der Waals surface area contributed by atoms with Crippen LogP contribution in [-0.4, -0.2) is 34.1 Å². The maximum absolute atomic E-state index is 12.4. The van der Waals surface area contributed by atoms with Gasteiger partial charge in [-0.15, -0.1) is 5.10 Å². The van der Waals surface area contributed by atoms with E-state index < -0.39 is 0 Å². The van der Waals surface area contributed by atoms with Gasteiger partial charge in [-0.2, -0.15) is 0 Å². The summed E-state index contributed by atoms with van der Waals surface area (Å²) in [6.45, 7) is 1.33. The van der Waals surface area contributed by atoms with Gasteiger partial charge >= 0.3 is 0 Å². The smallest absolute Gasteiger partial charge is 0.223 e. The number of carbonyl (C=O) groups is 1. The highest BCUT2D eigenvalue weighted by molar-refractivity contribution is 6.30. The maximum atomic E-state index is 12.4. The Morgan fingerprint density at radius 3 is 3.00 bits per heavy atom. The van der Waals surface area contributed by atoms with Crippen LogP contribution in [0.15, 0.2) is 30.5 Å². The van der Waals surface area contributed by atoms with Gasteiger partial charge in [0, 0.05) is 17.5 Å². The zero-order valence-electron chi connectivity index (χ0n) is 12.7. The molecule has 0 radical (unpaired) electrons. The minimum atomic E-state index is -0.0994. The molecule has 0 unspecified atom stereocenters. The summed E-state index contributed by atoms with van der Waals surface area (Å²) in [4.78, 5) is 12.4. The molecule has 0 spiro atoms. The summed E-state index contributed by atoms with van der Waals surface area (Å²) in [7, 11) is 0. The second-order valence-electron chi connectivity index (χ2n) is 5.62. The fourth-order valence-electron chi connectivity index (χ4n) is 2.68. The van der Waals surface area contributed by atoms with Gasteiger partial charge in [-0.25, -0.2) is 4.68 Å². The summed E-state index contributed by atoms with van der Waals surface area (Å²) in [5, 5.41) is 11.6. The van der Waals surface area contributed by atoms with Crippen LogP contribution in [0.2, 0.25) is 5.02 Å². The summed E-state index contributed by atoms with van der Waals surface area (Å²) in [5.41, 5.74) is 2.09. The number of rotatable bonds is 2. The van der Waals surface area contributed by atoms with Crippen LogP contribution in [0.25, 0.3) is 0 Å². The number of benzene rings is 1. The van der Waals surface area contributed by atoms with Gasteiger partial charge in [0.05, 0.1) is 18.5 Å². The molecule has 1 aliphatic heterocycles. The molecule has 1 aliphatic rings. The number of nitrogens with one attached hydrogen (secondary N) is 1. The fraction of sp³-hybridized carbons (Fsp3) is 0.438. The Hall–Kier alpha value is -1.92. The van der Waals surface area contributed by atoms with Gasteiger partial charge in [-0.1, -0.05) is 28.9 Å². The van der Waals surface area contributed by atoms with Crippen molar-refractivity contribution in [2.24, 2.45) is 5.92 Å². The van der Waals surface area contributed by atoms with Crippen molar-refractivity contribution in [1.29, 1.82) is 0 Å². The van der Waals surface area contributed by atoms with Crippen molar-refractivity contribution < 1.29 is 9.53 Å². The molecule has 2 aromatic rings. The third kappa shape index (κ3) is 4.30. The van der Waals surface area contributed by atoms with Crippen molar-refractivity contribution in [2.75, 3.05) is 13.2 Å². The molecule has 1 atom stereocenters. The SMILES string of the molecule is O=C1NCCOCn2nncc2CC[C@@H]1Cc1ccc(Cl)cc1. The third-order valence-corrected chi connectivity index (χ3v) is 4.22. The van der Waals surface area contributed by atoms with Gasteiger partial charge in [0.15, 0.2) is 0 Å². The van der Waals surface area contributed by atoms with E-state index in [1.165, 1.54) is 0 Å². The minimum Gasteiger partial charge on any atom is -0.357 e. The average Bonchev–Trinajstić information content (AvgIpc) is 2.99. The minimum absolute atomic E-state index is 0.0597. The van der Waals surface area contributed by atoms with Crippen LogP contribution in [0, 0.1) is 5.92 Å². The topological polar surface area (TPSA) is 69.0 Å². The summed E-state index contributed by atoms with van der Waals surface area (Å²) in [6, 6.07) is 7.64. The predicted octanol–water partition coefficient (Wildman–Crippen LogP) is 1.83. The lowest BCUT2D eigenvalue weighted by atomic mass is 9.93. The first kappa shape index (κ1) is 16.0. The highest BCUT2D eigenvalue weighted by Crippen LogP contribution is 2.18. The molecule has 122 valence electrons. The Morgan fingerprint density at radius 1 is 1.35 bits per heavy atom. The molecule has 1 aromatic carbocycles. The van der Waals surface area contributed by atoms with E-state index in [-0.39, 0.29) is 11.8 Å². The number of nitrogens with zero attached hydrogens (tertiary/aromatic N) is 3. The van der Waals surface area contributed by atoms with Gasteiger partial charge < -0.3 is 10.1 Å². The molecule has 2 heterocycles. The van der Waals surface area contributed by atoms with Gasteiger partial charge in [0.2, 0.25) is 5.91 Å². The molecule has 0 saturated carbocycles. The second kappa shape index (κ2) is 7.57. The molecule has 1 aromatic heterocycles. The Morgan fingerprint density at radius 2 is 2.17 bits per heavy atom. The lowest BCUT2D eigenvalue weighted by molar-refractivity contribution is -0.125. The van der Waals surface area contributed by atoms with E-state index in [1.54, 1.807) is 10.9 Å². The summed E-state index contributed by atoms with van der Waals surface area (Å²) in [6.07, 6.45) is 3.90. The molecule has 1 N–H and O–H groups in total. The average molecular weight is 335 g/mol. The first-order valence-corrected chi connectivity index (χ1v) is 8.07. The molecule has 3 rings (SSSR count). The normalized spacial score (nSPS) is 19.5.